The predicted octanol–water partition coefficient (Wildman–Crippen LogP) is 4.06. The molecule has 0 aromatic carbocycles. The van der Waals surface area contributed by atoms with Crippen LogP contribution < -0.4 is 0 Å². The molecule has 0 radical (unpaired) electrons. The van der Waals surface area contributed by atoms with Gasteiger partial charge in [0.05, 0.1) is 5.71 Å². The van der Waals surface area contributed by atoms with E-state index in [2.05, 4.69) is 43.2 Å². The Morgan fingerprint density at radius 1 is 1.47 bits per heavy atom. The highest BCUT2D eigenvalue weighted by atomic mass is 31.1. The van der Waals surface area contributed by atoms with Crippen LogP contribution in [0.3, 0.4) is 0 Å². The SMILES string of the molecule is C=CC1=CC(=C\C)/C(=N\PC)C=C1CC. The molecular formula is C13H18NP. The van der Waals surface area contributed by atoms with Crippen LogP contribution in [0, 0.1) is 0 Å². The average molecular weight is 219 g/mol. The molecule has 1 aliphatic rings. The van der Waals surface area contributed by atoms with Crippen molar-refractivity contribution in [2.75, 3.05) is 6.66 Å². The Hall–Kier alpha value is -0.940. The van der Waals surface area contributed by atoms with Crippen LogP contribution in [0.1, 0.15) is 20.3 Å². The minimum atomic E-state index is 0.609. The fourth-order valence-electron chi connectivity index (χ4n) is 1.61. The molecule has 1 rings (SSSR count). The molecule has 1 nitrogen and oxygen atoms in total. The molecule has 0 spiro atoms. The van der Waals surface area contributed by atoms with Crippen molar-refractivity contribution in [3.63, 3.8) is 0 Å². The van der Waals surface area contributed by atoms with Crippen molar-refractivity contribution in [3.05, 3.63) is 47.6 Å². The van der Waals surface area contributed by atoms with E-state index in [-0.39, 0.29) is 0 Å². The molecule has 1 atom stereocenters. The lowest BCUT2D eigenvalue weighted by atomic mass is 9.91. The van der Waals surface area contributed by atoms with E-state index in [1.807, 2.05) is 13.0 Å². The van der Waals surface area contributed by atoms with Gasteiger partial charge in [-0.1, -0.05) is 25.7 Å². The van der Waals surface area contributed by atoms with Crippen LogP contribution in [0.5, 0.6) is 0 Å². The topological polar surface area (TPSA) is 12.4 Å². The minimum Gasteiger partial charge on any atom is -0.265 e. The smallest absolute Gasteiger partial charge is 0.0687 e. The zero-order valence-electron chi connectivity index (χ0n) is 9.67. The highest BCUT2D eigenvalue weighted by Gasteiger charge is 2.11. The number of hydrogen-bond acceptors (Lipinski definition) is 1. The van der Waals surface area contributed by atoms with Crippen molar-refractivity contribution in [3.8, 4) is 0 Å². The summed E-state index contributed by atoms with van der Waals surface area (Å²) in [7, 11) is 0.609. The molecule has 0 aromatic heterocycles. The van der Waals surface area contributed by atoms with Gasteiger partial charge in [0.2, 0.25) is 0 Å². The monoisotopic (exact) mass is 219 g/mol. The third kappa shape index (κ3) is 2.76. The lowest BCUT2D eigenvalue weighted by molar-refractivity contribution is 1.12. The maximum atomic E-state index is 4.52. The highest BCUT2D eigenvalue weighted by molar-refractivity contribution is 7.35. The Balaban J connectivity index is 3.17. The molecule has 0 N–H and O–H groups in total. The number of hydrogen-bond donors (Lipinski definition) is 0. The lowest BCUT2D eigenvalue weighted by Gasteiger charge is -2.15. The molecule has 1 unspecified atom stereocenters. The first-order valence-corrected chi connectivity index (χ1v) is 6.67. The number of allylic oxidation sites excluding steroid dienone is 7. The standard InChI is InChI=1S/C13H18NP/c1-5-10-8-12(7-3)13(14-15-4)9-11(10)6-2/h5,7-9,15H,1,6H2,2-4H3/b12-7+,14-13-. The molecule has 80 valence electrons. The van der Waals surface area contributed by atoms with Gasteiger partial charge < -0.3 is 0 Å². The fraction of sp³-hybridized carbons (Fsp3) is 0.308. The Kier molecular flexibility index (Phi) is 4.71. The van der Waals surface area contributed by atoms with Gasteiger partial charge in [0.15, 0.2) is 0 Å². The second-order valence-corrected chi connectivity index (χ2v) is 3.96. The Morgan fingerprint density at radius 2 is 2.20 bits per heavy atom. The Labute approximate surface area is 94.2 Å². The van der Waals surface area contributed by atoms with Crippen molar-refractivity contribution < 1.29 is 0 Å². The quantitative estimate of drug-likeness (QED) is 0.635. The van der Waals surface area contributed by atoms with Crippen LogP contribution in [-0.4, -0.2) is 12.4 Å². The zero-order valence-corrected chi connectivity index (χ0v) is 10.7. The summed E-state index contributed by atoms with van der Waals surface area (Å²) in [5.74, 6) is 0. The van der Waals surface area contributed by atoms with Crippen molar-refractivity contribution in [1.29, 1.82) is 0 Å². The molecule has 0 heterocycles. The normalized spacial score (nSPS) is 22.3. The molecular weight excluding hydrogens is 201 g/mol. The minimum absolute atomic E-state index is 0.609. The van der Waals surface area contributed by atoms with Crippen LogP contribution in [0.4, 0.5) is 0 Å². The average Bonchev–Trinajstić information content (AvgIpc) is 2.28. The largest absolute Gasteiger partial charge is 0.265 e. The van der Waals surface area contributed by atoms with Gasteiger partial charge in [-0.15, -0.1) is 0 Å². The summed E-state index contributed by atoms with van der Waals surface area (Å²) in [6.45, 7) is 10.1. The summed E-state index contributed by atoms with van der Waals surface area (Å²) < 4.78 is 4.52. The third-order valence-electron chi connectivity index (χ3n) is 2.43. The van der Waals surface area contributed by atoms with Gasteiger partial charge in [-0.3, -0.25) is 4.76 Å². The van der Waals surface area contributed by atoms with Gasteiger partial charge in [0.1, 0.15) is 0 Å². The molecule has 15 heavy (non-hydrogen) atoms. The van der Waals surface area contributed by atoms with Crippen molar-refractivity contribution >= 4 is 14.4 Å². The van der Waals surface area contributed by atoms with Crippen molar-refractivity contribution in [2.45, 2.75) is 20.3 Å². The van der Waals surface area contributed by atoms with Gasteiger partial charge in [-0.25, -0.2) is 0 Å². The molecule has 0 fully saturated rings. The van der Waals surface area contributed by atoms with Crippen molar-refractivity contribution in [2.24, 2.45) is 4.76 Å². The van der Waals surface area contributed by atoms with Crippen LogP contribution >= 0.6 is 8.73 Å². The van der Waals surface area contributed by atoms with E-state index in [1.54, 1.807) is 0 Å². The van der Waals surface area contributed by atoms with Gasteiger partial charge >= 0.3 is 0 Å². The first-order valence-electron chi connectivity index (χ1n) is 5.23. The van der Waals surface area contributed by atoms with E-state index < -0.39 is 0 Å². The summed E-state index contributed by atoms with van der Waals surface area (Å²) >= 11 is 0. The molecule has 0 saturated carbocycles. The maximum absolute atomic E-state index is 4.52. The molecule has 1 aliphatic carbocycles. The van der Waals surface area contributed by atoms with E-state index in [0.717, 1.165) is 12.1 Å². The summed E-state index contributed by atoms with van der Waals surface area (Å²) in [5.41, 5.74) is 4.87. The highest BCUT2D eigenvalue weighted by Crippen LogP contribution is 2.25. The molecule has 0 amide bonds. The summed E-state index contributed by atoms with van der Waals surface area (Å²) in [6.07, 6.45) is 9.41. The van der Waals surface area contributed by atoms with Gasteiger partial charge in [-0.2, -0.15) is 0 Å². The second-order valence-electron chi connectivity index (χ2n) is 3.29. The van der Waals surface area contributed by atoms with Gasteiger partial charge in [0.25, 0.3) is 0 Å². The molecule has 0 saturated heterocycles. The first-order chi connectivity index (χ1) is 7.26. The van der Waals surface area contributed by atoms with E-state index in [0.29, 0.717) is 8.73 Å². The maximum Gasteiger partial charge on any atom is 0.0687 e. The molecule has 0 aliphatic heterocycles. The van der Waals surface area contributed by atoms with E-state index in [1.165, 1.54) is 16.7 Å². The van der Waals surface area contributed by atoms with E-state index in [4.69, 9.17) is 0 Å². The Morgan fingerprint density at radius 3 is 2.67 bits per heavy atom. The molecule has 0 aromatic rings. The van der Waals surface area contributed by atoms with E-state index >= 15 is 0 Å². The van der Waals surface area contributed by atoms with Crippen LogP contribution in [0.25, 0.3) is 0 Å². The van der Waals surface area contributed by atoms with Crippen molar-refractivity contribution in [1.82, 2.24) is 0 Å². The second kappa shape index (κ2) is 5.82. The van der Waals surface area contributed by atoms with E-state index in [9.17, 15) is 0 Å². The zero-order chi connectivity index (χ0) is 11.3. The molecule has 2 heteroatoms. The van der Waals surface area contributed by atoms with Crippen LogP contribution in [-0.2, 0) is 0 Å². The third-order valence-corrected chi connectivity index (χ3v) is 2.90. The Bertz CT molecular complexity index is 370. The predicted molar refractivity (Wildman–Crippen MR) is 72.1 cm³/mol. The number of rotatable bonds is 3. The summed E-state index contributed by atoms with van der Waals surface area (Å²) in [5, 5.41) is 0. The first kappa shape index (κ1) is 12.1. The summed E-state index contributed by atoms with van der Waals surface area (Å²) in [6, 6.07) is 0. The molecule has 0 bridgehead atoms. The lowest BCUT2D eigenvalue weighted by Crippen LogP contribution is -2.05. The summed E-state index contributed by atoms with van der Waals surface area (Å²) in [4.78, 5) is 0. The fourth-order valence-corrected chi connectivity index (χ4v) is 2.05. The number of nitrogens with zero attached hydrogens (tertiary/aromatic N) is 1. The van der Waals surface area contributed by atoms with Crippen LogP contribution in [0.2, 0.25) is 0 Å². The van der Waals surface area contributed by atoms with Crippen LogP contribution in [0.15, 0.2) is 52.4 Å². The van der Waals surface area contributed by atoms with Gasteiger partial charge in [-0.05, 0) is 57.6 Å². The van der Waals surface area contributed by atoms with Gasteiger partial charge in [0, 0.05) is 0 Å².